The quantitative estimate of drug-likeness (QED) is 0.654. The van der Waals surface area contributed by atoms with E-state index in [0.29, 0.717) is 5.89 Å². The lowest BCUT2D eigenvalue weighted by Crippen LogP contribution is -2.11. The lowest BCUT2D eigenvalue weighted by atomic mass is 10.1. The zero-order valence-electron chi connectivity index (χ0n) is 6.79. The summed E-state index contributed by atoms with van der Waals surface area (Å²) < 4.78 is 5.00. The summed E-state index contributed by atoms with van der Waals surface area (Å²) >= 11 is 0. The van der Waals surface area contributed by atoms with Crippen molar-refractivity contribution in [3.05, 3.63) is 30.0 Å². The second kappa shape index (κ2) is 2.88. The fraction of sp³-hybridized carbons (Fsp3) is 0.375. The first-order valence-electron chi connectivity index (χ1n) is 3.44. The third kappa shape index (κ3) is 1.68. The minimum absolute atomic E-state index is 0.201. The van der Waals surface area contributed by atoms with Crippen LogP contribution in [0.5, 0.6) is 0 Å². The lowest BCUT2D eigenvalue weighted by Gasteiger charge is -2.05. The molecule has 3 nitrogen and oxygen atoms in total. The van der Waals surface area contributed by atoms with E-state index < -0.39 is 0 Å². The Hall–Kier alpha value is -1.09. The lowest BCUT2D eigenvalue weighted by molar-refractivity contribution is 0.520. The van der Waals surface area contributed by atoms with Crippen LogP contribution in [-0.2, 0) is 0 Å². The maximum Gasteiger partial charge on any atom is 0.191 e. The number of aryl methyl sites for hydroxylation is 1. The van der Waals surface area contributed by atoms with Crippen molar-refractivity contribution < 1.29 is 4.42 Å². The van der Waals surface area contributed by atoms with Crippen LogP contribution in [0.25, 0.3) is 0 Å². The third-order valence-electron chi connectivity index (χ3n) is 1.49. The maximum atomic E-state index is 5.73. The summed E-state index contributed by atoms with van der Waals surface area (Å²) in [4.78, 5) is 4.08. The van der Waals surface area contributed by atoms with Crippen LogP contribution in [0.2, 0.25) is 0 Å². The van der Waals surface area contributed by atoms with Crippen molar-refractivity contribution in [2.75, 3.05) is 0 Å². The van der Waals surface area contributed by atoms with Gasteiger partial charge in [-0.25, -0.2) is 4.98 Å². The Morgan fingerprint density at radius 3 is 2.82 bits per heavy atom. The van der Waals surface area contributed by atoms with Crippen LogP contribution >= 0.6 is 0 Å². The zero-order valence-corrected chi connectivity index (χ0v) is 6.79. The van der Waals surface area contributed by atoms with Gasteiger partial charge in [-0.15, -0.1) is 0 Å². The topological polar surface area (TPSA) is 52.0 Å². The van der Waals surface area contributed by atoms with Gasteiger partial charge in [-0.3, -0.25) is 0 Å². The molecule has 0 aromatic carbocycles. The highest BCUT2D eigenvalue weighted by atomic mass is 16.3. The summed E-state index contributed by atoms with van der Waals surface area (Å²) in [5.74, 6) is 0.636. The van der Waals surface area contributed by atoms with Gasteiger partial charge < -0.3 is 10.2 Å². The minimum Gasteiger partial charge on any atom is -0.449 e. The standard InChI is InChI=1S/C8H12N2O/c1-5(2)8(9)7-4-11-6(3)10-7/h4,8H,1,9H2,2-3H3. The molecule has 1 atom stereocenters. The van der Waals surface area contributed by atoms with Gasteiger partial charge in [-0.1, -0.05) is 12.2 Å². The van der Waals surface area contributed by atoms with E-state index in [-0.39, 0.29) is 6.04 Å². The van der Waals surface area contributed by atoms with Crippen LogP contribution in [0.3, 0.4) is 0 Å². The summed E-state index contributed by atoms with van der Waals surface area (Å²) in [5, 5.41) is 0. The number of rotatable bonds is 2. The predicted octanol–water partition coefficient (Wildman–Crippen LogP) is 1.56. The van der Waals surface area contributed by atoms with Crippen LogP contribution in [0.15, 0.2) is 22.8 Å². The molecule has 0 radical (unpaired) electrons. The first-order valence-corrected chi connectivity index (χ1v) is 3.44. The molecule has 1 heterocycles. The largest absolute Gasteiger partial charge is 0.449 e. The van der Waals surface area contributed by atoms with E-state index in [1.807, 2.05) is 6.92 Å². The van der Waals surface area contributed by atoms with Gasteiger partial charge in [0.2, 0.25) is 0 Å². The van der Waals surface area contributed by atoms with Crippen molar-refractivity contribution >= 4 is 0 Å². The molecule has 0 aliphatic rings. The smallest absolute Gasteiger partial charge is 0.191 e. The van der Waals surface area contributed by atoms with E-state index in [2.05, 4.69) is 11.6 Å². The van der Waals surface area contributed by atoms with Crippen molar-refractivity contribution in [2.24, 2.45) is 5.73 Å². The van der Waals surface area contributed by atoms with Gasteiger partial charge in [0.1, 0.15) is 12.0 Å². The molecule has 2 N–H and O–H groups in total. The molecule has 0 fully saturated rings. The summed E-state index contributed by atoms with van der Waals surface area (Å²) in [6, 6.07) is -0.201. The van der Waals surface area contributed by atoms with E-state index in [0.717, 1.165) is 11.3 Å². The molecule has 1 aromatic heterocycles. The number of nitrogens with two attached hydrogens (primary N) is 1. The fourth-order valence-corrected chi connectivity index (χ4v) is 0.775. The highest BCUT2D eigenvalue weighted by Gasteiger charge is 2.09. The molecule has 0 spiro atoms. The Labute approximate surface area is 65.9 Å². The Bertz CT molecular complexity index is 265. The normalized spacial score (nSPS) is 13.0. The van der Waals surface area contributed by atoms with E-state index in [9.17, 15) is 0 Å². The maximum absolute atomic E-state index is 5.73. The van der Waals surface area contributed by atoms with Crippen LogP contribution in [0.4, 0.5) is 0 Å². The molecular formula is C8H12N2O. The molecule has 0 aliphatic heterocycles. The Morgan fingerprint density at radius 1 is 1.82 bits per heavy atom. The van der Waals surface area contributed by atoms with Gasteiger partial charge in [0.15, 0.2) is 5.89 Å². The molecule has 3 heteroatoms. The first-order chi connectivity index (χ1) is 5.11. The van der Waals surface area contributed by atoms with Gasteiger partial charge >= 0.3 is 0 Å². The van der Waals surface area contributed by atoms with Crippen molar-refractivity contribution in [1.29, 1.82) is 0 Å². The molecule has 11 heavy (non-hydrogen) atoms. The minimum atomic E-state index is -0.201. The van der Waals surface area contributed by atoms with Crippen LogP contribution in [0.1, 0.15) is 24.6 Å². The molecule has 0 saturated heterocycles. The number of hydrogen-bond donors (Lipinski definition) is 1. The zero-order chi connectivity index (χ0) is 8.43. The fourth-order valence-electron chi connectivity index (χ4n) is 0.775. The second-order valence-electron chi connectivity index (χ2n) is 2.62. The summed E-state index contributed by atoms with van der Waals surface area (Å²) in [6.45, 7) is 7.39. The molecule has 60 valence electrons. The summed E-state index contributed by atoms with van der Waals surface area (Å²) in [7, 11) is 0. The first kappa shape index (κ1) is 8.01. The highest BCUT2D eigenvalue weighted by molar-refractivity contribution is 5.14. The summed E-state index contributed by atoms with van der Waals surface area (Å²) in [5.41, 5.74) is 7.36. The number of oxazole rings is 1. The van der Waals surface area contributed by atoms with Gasteiger partial charge in [-0.2, -0.15) is 0 Å². The molecular weight excluding hydrogens is 140 g/mol. The van der Waals surface area contributed by atoms with Crippen molar-refractivity contribution in [3.8, 4) is 0 Å². The van der Waals surface area contributed by atoms with E-state index in [1.165, 1.54) is 0 Å². The molecule has 0 aliphatic carbocycles. The Kier molecular flexibility index (Phi) is 2.10. The molecule has 1 aromatic rings. The molecule has 0 amide bonds. The SMILES string of the molecule is C=C(C)C(N)c1coc(C)n1. The Balaban J connectivity index is 2.84. The van der Waals surface area contributed by atoms with Crippen molar-refractivity contribution in [2.45, 2.75) is 19.9 Å². The van der Waals surface area contributed by atoms with E-state index in [4.69, 9.17) is 10.2 Å². The molecule has 0 bridgehead atoms. The van der Waals surface area contributed by atoms with Crippen molar-refractivity contribution in [3.63, 3.8) is 0 Å². The van der Waals surface area contributed by atoms with Gasteiger partial charge in [0.25, 0.3) is 0 Å². The Morgan fingerprint density at radius 2 is 2.45 bits per heavy atom. The third-order valence-corrected chi connectivity index (χ3v) is 1.49. The van der Waals surface area contributed by atoms with Gasteiger partial charge in [0.05, 0.1) is 6.04 Å². The van der Waals surface area contributed by atoms with Gasteiger partial charge in [-0.05, 0) is 6.92 Å². The average molecular weight is 152 g/mol. The van der Waals surface area contributed by atoms with E-state index >= 15 is 0 Å². The number of hydrogen-bond acceptors (Lipinski definition) is 3. The van der Waals surface area contributed by atoms with Crippen LogP contribution in [0, 0.1) is 6.92 Å². The monoisotopic (exact) mass is 152 g/mol. The van der Waals surface area contributed by atoms with Gasteiger partial charge in [0, 0.05) is 6.92 Å². The van der Waals surface area contributed by atoms with Crippen LogP contribution < -0.4 is 5.73 Å². The number of nitrogens with zero attached hydrogens (tertiary/aromatic N) is 1. The second-order valence-corrected chi connectivity index (χ2v) is 2.62. The molecule has 0 saturated carbocycles. The average Bonchev–Trinajstić information content (AvgIpc) is 2.34. The molecule has 1 unspecified atom stereocenters. The number of aromatic nitrogens is 1. The predicted molar refractivity (Wildman–Crippen MR) is 43.0 cm³/mol. The summed E-state index contributed by atoms with van der Waals surface area (Å²) in [6.07, 6.45) is 1.56. The van der Waals surface area contributed by atoms with Crippen LogP contribution in [-0.4, -0.2) is 4.98 Å². The van der Waals surface area contributed by atoms with E-state index in [1.54, 1.807) is 13.2 Å². The van der Waals surface area contributed by atoms with Crippen molar-refractivity contribution in [1.82, 2.24) is 4.98 Å². The highest BCUT2D eigenvalue weighted by Crippen LogP contribution is 2.15. The molecule has 1 rings (SSSR count).